The molecule has 20 heavy (non-hydrogen) atoms. The Bertz CT molecular complexity index is 584. The lowest BCUT2D eigenvalue weighted by Crippen LogP contribution is -2.10. The molecule has 0 unspecified atom stereocenters. The lowest BCUT2D eigenvalue weighted by molar-refractivity contribution is -0.116. The van der Waals surface area contributed by atoms with Crippen LogP contribution in [0.4, 0.5) is 21.6 Å². The first-order valence-electron chi connectivity index (χ1n) is 6.46. The van der Waals surface area contributed by atoms with Gasteiger partial charge >= 0.3 is 0 Å². The average Bonchev–Trinajstić information content (AvgIpc) is 2.41. The second-order valence-corrected chi connectivity index (χ2v) is 4.37. The largest absolute Gasteiger partial charge is 0.340 e. The number of aromatic nitrogens is 1. The molecule has 0 radical (unpaired) electrons. The Hall–Kier alpha value is -2.43. The molecule has 0 atom stereocenters. The first kappa shape index (κ1) is 14.0. The van der Waals surface area contributed by atoms with Crippen LogP contribution in [0.5, 0.6) is 0 Å². The first-order chi connectivity index (χ1) is 9.67. The maximum Gasteiger partial charge on any atom is 0.224 e. The lowest BCUT2D eigenvalue weighted by Gasteiger charge is -2.07. The minimum atomic E-state index is -0.307. The van der Waals surface area contributed by atoms with Crippen molar-refractivity contribution < 1.29 is 9.18 Å². The van der Waals surface area contributed by atoms with E-state index < -0.39 is 0 Å². The maximum absolute atomic E-state index is 13.0. The number of carbonyl (C=O) groups is 1. The number of hydrogen-bond donors (Lipinski definition) is 2. The molecule has 1 heterocycles. The van der Waals surface area contributed by atoms with Crippen LogP contribution in [-0.4, -0.2) is 10.9 Å². The highest BCUT2D eigenvalue weighted by atomic mass is 19.1. The monoisotopic (exact) mass is 273 g/mol. The highest BCUT2D eigenvalue weighted by molar-refractivity contribution is 5.90. The molecule has 0 aliphatic carbocycles. The molecular formula is C15H16FN3O. The van der Waals surface area contributed by atoms with Crippen molar-refractivity contribution in [2.24, 2.45) is 0 Å². The van der Waals surface area contributed by atoms with E-state index in [9.17, 15) is 9.18 Å². The third-order valence-corrected chi connectivity index (χ3v) is 2.62. The van der Waals surface area contributed by atoms with E-state index in [4.69, 9.17) is 0 Å². The zero-order chi connectivity index (χ0) is 14.4. The van der Waals surface area contributed by atoms with E-state index in [-0.39, 0.29) is 11.7 Å². The molecule has 1 amide bonds. The molecule has 0 bridgehead atoms. The van der Waals surface area contributed by atoms with Crippen molar-refractivity contribution in [3.05, 3.63) is 48.4 Å². The summed E-state index contributed by atoms with van der Waals surface area (Å²) in [5.74, 6) is 0.252. The van der Waals surface area contributed by atoms with E-state index >= 15 is 0 Å². The van der Waals surface area contributed by atoms with Crippen LogP contribution in [0, 0.1) is 5.82 Å². The normalized spacial score (nSPS) is 10.1. The molecule has 2 N–H and O–H groups in total. The predicted molar refractivity (Wildman–Crippen MR) is 77.5 cm³/mol. The van der Waals surface area contributed by atoms with Crippen molar-refractivity contribution >= 4 is 23.1 Å². The van der Waals surface area contributed by atoms with Gasteiger partial charge in [-0.1, -0.05) is 13.0 Å². The first-order valence-corrected chi connectivity index (χ1v) is 6.46. The number of amides is 1. The molecule has 0 saturated carbocycles. The van der Waals surface area contributed by atoms with Crippen molar-refractivity contribution in [2.75, 3.05) is 10.6 Å². The smallest absolute Gasteiger partial charge is 0.224 e. The van der Waals surface area contributed by atoms with Gasteiger partial charge in [-0.2, -0.15) is 0 Å². The van der Waals surface area contributed by atoms with E-state index in [1.165, 1.54) is 12.1 Å². The topological polar surface area (TPSA) is 54.0 Å². The van der Waals surface area contributed by atoms with Crippen LogP contribution in [0.2, 0.25) is 0 Å². The summed E-state index contributed by atoms with van der Waals surface area (Å²) in [7, 11) is 0. The van der Waals surface area contributed by atoms with Crippen molar-refractivity contribution in [1.29, 1.82) is 0 Å². The number of carbonyl (C=O) groups excluding carboxylic acids is 1. The van der Waals surface area contributed by atoms with Gasteiger partial charge in [0, 0.05) is 12.1 Å². The van der Waals surface area contributed by atoms with Crippen LogP contribution in [0.25, 0.3) is 0 Å². The minimum Gasteiger partial charge on any atom is -0.340 e. The minimum absolute atomic E-state index is 0.0276. The summed E-state index contributed by atoms with van der Waals surface area (Å²) in [6.45, 7) is 1.95. The molecule has 5 heteroatoms. The Kier molecular flexibility index (Phi) is 4.65. The summed E-state index contributed by atoms with van der Waals surface area (Å²) in [5, 5.41) is 5.74. The lowest BCUT2D eigenvalue weighted by atomic mass is 10.3. The number of halogens is 1. The average molecular weight is 273 g/mol. The fraction of sp³-hybridized carbons (Fsp3) is 0.200. The van der Waals surface area contributed by atoms with Gasteiger partial charge in [0.15, 0.2) is 0 Å². The van der Waals surface area contributed by atoms with Crippen molar-refractivity contribution in [2.45, 2.75) is 19.8 Å². The Morgan fingerprint density at radius 1 is 1.25 bits per heavy atom. The molecule has 0 saturated heterocycles. The molecule has 1 aromatic heterocycles. The molecule has 2 aromatic rings. The van der Waals surface area contributed by atoms with Crippen molar-refractivity contribution in [3.8, 4) is 0 Å². The fourth-order valence-electron chi connectivity index (χ4n) is 1.71. The molecule has 0 aliphatic rings. The number of hydrogen-bond acceptors (Lipinski definition) is 3. The van der Waals surface area contributed by atoms with Gasteiger partial charge in [-0.15, -0.1) is 0 Å². The van der Waals surface area contributed by atoms with Gasteiger partial charge in [-0.3, -0.25) is 4.79 Å². The van der Waals surface area contributed by atoms with Gasteiger partial charge < -0.3 is 10.6 Å². The predicted octanol–water partition coefficient (Wildman–Crippen LogP) is 3.70. The molecule has 0 spiro atoms. The Labute approximate surface area is 117 Å². The van der Waals surface area contributed by atoms with E-state index in [1.54, 1.807) is 30.5 Å². The Morgan fingerprint density at radius 2 is 2.10 bits per heavy atom. The summed E-state index contributed by atoms with van der Waals surface area (Å²) < 4.78 is 13.0. The highest BCUT2D eigenvalue weighted by Gasteiger charge is 2.02. The van der Waals surface area contributed by atoms with Crippen molar-refractivity contribution in [3.63, 3.8) is 0 Å². The second-order valence-electron chi connectivity index (χ2n) is 4.37. The van der Waals surface area contributed by atoms with Crippen LogP contribution in [0.15, 0.2) is 42.6 Å². The van der Waals surface area contributed by atoms with Crippen LogP contribution < -0.4 is 10.6 Å². The maximum atomic E-state index is 13.0. The van der Waals surface area contributed by atoms with Crippen LogP contribution in [-0.2, 0) is 4.79 Å². The number of nitrogens with zero attached hydrogens (tertiary/aromatic N) is 1. The Morgan fingerprint density at radius 3 is 2.75 bits per heavy atom. The van der Waals surface area contributed by atoms with E-state index in [2.05, 4.69) is 15.6 Å². The zero-order valence-corrected chi connectivity index (χ0v) is 11.2. The summed E-state index contributed by atoms with van der Waals surface area (Å²) in [6, 6.07) is 9.62. The summed E-state index contributed by atoms with van der Waals surface area (Å²) in [4.78, 5) is 15.6. The van der Waals surface area contributed by atoms with E-state index in [1.807, 2.05) is 6.92 Å². The van der Waals surface area contributed by atoms with Gasteiger partial charge in [-0.25, -0.2) is 9.37 Å². The van der Waals surface area contributed by atoms with Gasteiger partial charge in [0.05, 0.1) is 11.9 Å². The SMILES string of the molecule is CCCC(=O)Nc1ccc(Nc2cccc(F)c2)nc1. The van der Waals surface area contributed by atoms with Crippen LogP contribution in [0.3, 0.4) is 0 Å². The van der Waals surface area contributed by atoms with Gasteiger partial charge in [0.25, 0.3) is 0 Å². The fourth-order valence-corrected chi connectivity index (χ4v) is 1.71. The van der Waals surface area contributed by atoms with Crippen molar-refractivity contribution in [1.82, 2.24) is 4.98 Å². The molecule has 104 valence electrons. The molecule has 0 aliphatic heterocycles. The van der Waals surface area contributed by atoms with Crippen LogP contribution in [0.1, 0.15) is 19.8 Å². The van der Waals surface area contributed by atoms with Gasteiger partial charge in [0.1, 0.15) is 11.6 Å². The molecular weight excluding hydrogens is 257 g/mol. The number of benzene rings is 1. The molecule has 1 aromatic carbocycles. The number of pyridine rings is 1. The van der Waals surface area contributed by atoms with E-state index in [0.29, 0.717) is 23.6 Å². The molecule has 0 fully saturated rings. The summed E-state index contributed by atoms with van der Waals surface area (Å²) in [5.41, 5.74) is 1.27. The number of anilines is 3. The number of nitrogens with one attached hydrogen (secondary N) is 2. The standard InChI is InChI=1S/C15H16FN3O/c1-2-4-15(20)19-13-7-8-14(17-10-13)18-12-6-3-5-11(16)9-12/h3,5-10H,2,4H2,1H3,(H,17,18)(H,19,20). The van der Waals surface area contributed by atoms with Gasteiger partial charge in [0.2, 0.25) is 5.91 Å². The third kappa shape index (κ3) is 4.05. The zero-order valence-electron chi connectivity index (χ0n) is 11.2. The highest BCUT2D eigenvalue weighted by Crippen LogP contribution is 2.17. The Balaban J connectivity index is 1.99. The molecule has 2 rings (SSSR count). The quantitative estimate of drug-likeness (QED) is 0.873. The van der Waals surface area contributed by atoms with E-state index in [0.717, 1.165) is 6.42 Å². The van der Waals surface area contributed by atoms with Gasteiger partial charge in [-0.05, 0) is 36.8 Å². The van der Waals surface area contributed by atoms with Crippen LogP contribution >= 0.6 is 0 Å². The summed E-state index contributed by atoms with van der Waals surface area (Å²) >= 11 is 0. The second kappa shape index (κ2) is 6.65. The summed E-state index contributed by atoms with van der Waals surface area (Å²) in [6.07, 6.45) is 2.86. The number of rotatable bonds is 5. The molecule has 4 nitrogen and oxygen atoms in total. The third-order valence-electron chi connectivity index (χ3n) is 2.62.